The molecule has 4 nitrogen and oxygen atoms in total. The van der Waals surface area contributed by atoms with Gasteiger partial charge in [0.25, 0.3) is 0 Å². The monoisotopic (exact) mass is 302 g/mol. The molecule has 1 aromatic rings. The molecule has 0 radical (unpaired) electrons. The van der Waals surface area contributed by atoms with Crippen LogP contribution in [0.4, 0.5) is 0 Å². The highest BCUT2D eigenvalue weighted by molar-refractivity contribution is 6.14. The largest absolute Gasteiger partial charge is 0.465 e. The summed E-state index contributed by atoms with van der Waals surface area (Å²) >= 11 is 0. The first-order chi connectivity index (χ1) is 10.3. The minimum atomic E-state index is -1.38. The molecule has 1 aliphatic carbocycles. The zero-order valence-corrected chi connectivity index (χ0v) is 13.5. The molecule has 0 heterocycles. The molecule has 0 aliphatic heterocycles. The Balaban J connectivity index is 2.53. The highest BCUT2D eigenvalue weighted by Gasteiger charge is 2.76. The van der Waals surface area contributed by atoms with Gasteiger partial charge in [0, 0.05) is 17.3 Å². The third-order valence-electron chi connectivity index (χ3n) is 4.24. The normalized spacial score (nSPS) is 27.1. The summed E-state index contributed by atoms with van der Waals surface area (Å²) in [6.45, 7) is 7.17. The van der Waals surface area contributed by atoms with E-state index in [9.17, 15) is 14.4 Å². The lowest BCUT2D eigenvalue weighted by molar-refractivity contribution is -0.157. The van der Waals surface area contributed by atoms with E-state index in [1.807, 2.05) is 30.3 Å². The van der Waals surface area contributed by atoms with Gasteiger partial charge >= 0.3 is 5.97 Å². The van der Waals surface area contributed by atoms with E-state index in [2.05, 4.69) is 0 Å². The fraction of sp³-hybridized carbons (Fsp3) is 0.500. The van der Waals surface area contributed by atoms with Crippen LogP contribution in [0, 0.1) is 16.7 Å². The van der Waals surface area contributed by atoms with Crippen molar-refractivity contribution in [1.29, 1.82) is 0 Å². The second-order valence-corrected chi connectivity index (χ2v) is 6.72. The first-order valence-electron chi connectivity index (χ1n) is 7.54. The second kappa shape index (κ2) is 5.67. The Hall–Kier alpha value is -1.97. The zero-order chi connectivity index (χ0) is 16.5. The van der Waals surface area contributed by atoms with Gasteiger partial charge in [-0.25, -0.2) is 0 Å². The number of benzene rings is 1. The fourth-order valence-corrected chi connectivity index (χ4v) is 3.25. The van der Waals surface area contributed by atoms with Crippen LogP contribution in [0.2, 0.25) is 0 Å². The summed E-state index contributed by atoms with van der Waals surface area (Å²) in [5.41, 5.74) is -1.28. The minimum Gasteiger partial charge on any atom is -0.465 e. The molecular formula is C18H22O4. The van der Waals surface area contributed by atoms with E-state index in [-0.39, 0.29) is 12.4 Å². The smallest absolute Gasteiger partial charge is 0.321 e. The molecule has 1 saturated carbocycles. The average Bonchev–Trinajstić information content (AvgIpc) is 3.16. The average molecular weight is 302 g/mol. The van der Waals surface area contributed by atoms with Gasteiger partial charge in [-0.1, -0.05) is 51.1 Å². The molecule has 0 spiro atoms. The van der Waals surface area contributed by atoms with Crippen LogP contribution in [0.1, 0.15) is 39.2 Å². The number of Topliss-reactive ketones (excluding diaryl/α,β-unsaturated/α-hetero) is 1. The van der Waals surface area contributed by atoms with Crippen LogP contribution < -0.4 is 0 Å². The summed E-state index contributed by atoms with van der Waals surface area (Å²) in [6, 6.07) is 9.23. The van der Waals surface area contributed by atoms with Gasteiger partial charge in [-0.05, 0) is 12.5 Å². The van der Waals surface area contributed by atoms with Crippen LogP contribution in [0.5, 0.6) is 0 Å². The maximum absolute atomic E-state index is 13.0. The predicted octanol–water partition coefficient (Wildman–Crippen LogP) is 2.76. The Morgan fingerprint density at radius 2 is 1.82 bits per heavy atom. The predicted molar refractivity (Wildman–Crippen MR) is 82.3 cm³/mol. The van der Waals surface area contributed by atoms with Crippen molar-refractivity contribution in [2.75, 3.05) is 6.61 Å². The first kappa shape index (κ1) is 16.4. The van der Waals surface area contributed by atoms with Crippen molar-refractivity contribution >= 4 is 18.0 Å². The molecule has 1 aliphatic rings. The number of hydrogen-bond acceptors (Lipinski definition) is 4. The number of hydrogen-bond donors (Lipinski definition) is 0. The van der Waals surface area contributed by atoms with Crippen LogP contribution in [0.25, 0.3) is 0 Å². The quantitative estimate of drug-likeness (QED) is 0.477. The van der Waals surface area contributed by atoms with Crippen LogP contribution in [-0.2, 0) is 19.1 Å². The van der Waals surface area contributed by atoms with Crippen molar-refractivity contribution in [2.45, 2.75) is 33.6 Å². The molecule has 3 atom stereocenters. The van der Waals surface area contributed by atoms with E-state index < -0.39 is 28.6 Å². The van der Waals surface area contributed by atoms with E-state index in [0.29, 0.717) is 0 Å². The lowest BCUT2D eigenvalue weighted by Crippen LogP contribution is -2.39. The number of ketones is 1. The van der Waals surface area contributed by atoms with Crippen molar-refractivity contribution in [2.24, 2.45) is 16.7 Å². The summed E-state index contributed by atoms with van der Waals surface area (Å²) in [6.07, 6.45) is 0.720. The van der Waals surface area contributed by atoms with Gasteiger partial charge in [0.05, 0.1) is 6.61 Å². The lowest BCUT2D eigenvalue weighted by Gasteiger charge is -2.24. The van der Waals surface area contributed by atoms with E-state index >= 15 is 0 Å². The van der Waals surface area contributed by atoms with E-state index in [1.54, 1.807) is 27.7 Å². The zero-order valence-electron chi connectivity index (χ0n) is 13.5. The molecule has 118 valence electrons. The molecule has 0 bridgehead atoms. The van der Waals surface area contributed by atoms with Crippen LogP contribution in [0.15, 0.2) is 30.3 Å². The molecule has 0 saturated heterocycles. The highest BCUT2D eigenvalue weighted by atomic mass is 16.5. The molecule has 0 amide bonds. The van der Waals surface area contributed by atoms with Crippen molar-refractivity contribution in [3.63, 3.8) is 0 Å². The molecular weight excluding hydrogens is 280 g/mol. The molecule has 2 rings (SSSR count). The van der Waals surface area contributed by atoms with E-state index in [1.165, 1.54) is 0 Å². The summed E-state index contributed by atoms with van der Waals surface area (Å²) < 4.78 is 5.15. The van der Waals surface area contributed by atoms with Crippen molar-refractivity contribution < 1.29 is 19.1 Å². The lowest BCUT2D eigenvalue weighted by atomic mass is 9.78. The molecule has 0 unspecified atom stereocenters. The van der Waals surface area contributed by atoms with Gasteiger partial charge in [-0.2, -0.15) is 0 Å². The number of ether oxygens (including phenoxy) is 1. The van der Waals surface area contributed by atoms with Gasteiger partial charge < -0.3 is 9.53 Å². The maximum atomic E-state index is 13.0. The Morgan fingerprint density at radius 1 is 1.23 bits per heavy atom. The summed E-state index contributed by atoms with van der Waals surface area (Å²) in [5.74, 6) is -1.90. The highest BCUT2D eigenvalue weighted by Crippen LogP contribution is 2.66. The maximum Gasteiger partial charge on any atom is 0.321 e. The van der Waals surface area contributed by atoms with Gasteiger partial charge in [-0.3, -0.25) is 9.59 Å². The molecule has 1 fully saturated rings. The summed E-state index contributed by atoms with van der Waals surface area (Å²) in [5, 5.41) is 0. The standard InChI is InChI=1S/C18H22O4/c1-5-22-16(21)18(15(20)17(2,3)4)13(11-19)14(18)12-9-7-6-8-10-12/h6-11,13-14H,5H2,1-4H3/t13-,14-,18-/m1/s1. The van der Waals surface area contributed by atoms with Gasteiger partial charge in [0.15, 0.2) is 5.78 Å². The molecule has 0 aromatic heterocycles. The fourth-order valence-electron chi connectivity index (χ4n) is 3.25. The third kappa shape index (κ3) is 2.36. The van der Waals surface area contributed by atoms with Gasteiger partial charge in [0.1, 0.15) is 11.7 Å². The van der Waals surface area contributed by atoms with E-state index in [4.69, 9.17) is 4.74 Å². The Bertz CT molecular complexity index is 585. The number of aldehydes is 1. The molecule has 22 heavy (non-hydrogen) atoms. The first-order valence-corrected chi connectivity index (χ1v) is 7.54. The van der Waals surface area contributed by atoms with Crippen LogP contribution in [-0.4, -0.2) is 24.6 Å². The second-order valence-electron chi connectivity index (χ2n) is 6.72. The van der Waals surface area contributed by atoms with Gasteiger partial charge in [-0.15, -0.1) is 0 Å². The molecule has 1 aromatic carbocycles. The van der Waals surface area contributed by atoms with Crippen LogP contribution in [0.3, 0.4) is 0 Å². The number of carbonyl (C=O) groups excluding carboxylic acids is 3. The van der Waals surface area contributed by atoms with Crippen LogP contribution >= 0.6 is 0 Å². The summed E-state index contributed by atoms with van der Waals surface area (Å²) in [4.78, 5) is 37.1. The number of carbonyl (C=O) groups is 3. The SMILES string of the molecule is CCOC(=O)[C@]1(C(=O)C(C)(C)C)[C@H](C=O)[C@H]1c1ccccc1. The van der Waals surface area contributed by atoms with Crippen molar-refractivity contribution in [3.05, 3.63) is 35.9 Å². The summed E-state index contributed by atoms with van der Waals surface area (Å²) in [7, 11) is 0. The van der Waals surface area contributed by atoms with E-state index in [0.717, 1.165) is 11.8 Å². The molecule has 0 N–H and O–H groups in total. The Kier molecular flexibility index (Phi) is 4.23. The van der Waals surface area contributed by atoms with Crippen molar-refractivity contribution in [1.82, 2.24) is 0 Å². The number of esters is 1. The molecule has 4 heteroatoms. The number of rotatable bonds is 5. The topological polar surface area (TPSA) is 60.4 Å². The van der Waals surface area contributed by atoms with Gasteiger partial charge in [0.2, 0.25) is 0 Å². The minimum absolute atomic E-state index is 0.186. The Morgan fingerprint density at radius 3 is 2.27 bits per heavy atom. The Labute approximate surface area is 130 Å². The third-order valence-corrected chi connectivity index (χ3v) is 4.24. The van der Waals surface area contributed by atoms with Crippen molar-refractivity contribution in [3.8, 4) is 0 Å².